The van der Waals surface area contributed by atoms with Crippen molar-refractivity contribution < 1.29 is 4.79 Å². The van der Waals surface area contributed by atoms with Crippen molar-refractivity contribution >= 4 is 38.8 Å². The number of halogens is 1. The van der Waals surface area contributed by atoms with Gasteiger partial charge in [0.2, 0.25) is 0 Å². The molecule has 1 aromatic carbocycles. The molecule has 0 radical (unpaired) electrons. The lowest BCUT2D eigenvalue weighted by atomic mass is 9.91. The van der Waals surface area contributed by atoms with Crippen LogP contribution < -0.4 is 5.32 Å². The highest BCUT2D eigenvalue weighted by Crippen LogP contribution is 2.37. The fraction of sp³-hybridized carbons (Fsp3) is 0.125. The number of alkyl halides is 1. The molecule has 1 aromatic heterocycles. The number of nitrogens with zero attached hydrogens (tertiary/aromatic N) is 1. The second kappa shape index (κ2) is 4.70. The molecule has 0 saturated carbocycles. The summed E-state index contributed by atoms with van der Waals surface area (Å²) < 4.78 is 0. The van der Waals surface area contributed by atoms with Crippen molar-refractivity contribution in [3.8, 4) is 0 Å². The van der Waals surface area contributed by atoms with Crippen LogP contribution in [-0.2, 0) is 4.79 Å². The van der Waals surface area contributed by atoms with Gasteiger partial charge in [0.05, 0.1) is 11.7 Å². The Labute approximate surface area is 129 Å². The van der Waals surface area contributed by atoms with Crippen LogP contribution in [0.5, 0.6) is 0 Å². The molecule has 5 heteroatoms. The van der Waals surface area contributed by atoms with E-state index in [-0.39, 0.29) is 16.7 Å². The number of hydrogen-bond donors (Lipinski definition) is 2. The quantitative estimate of drug-likeness (QED) is 0.618. The van der Waals surface area contributed by atoms with Crippen molar-refractivity contribution in [1.82, 2.24) is 15.5 Å². The van der Waals surface area contributed by atoms with Crippen LogP contribution in [0.2, 0.25) is 0 Å². The highest BCUT2D eigenvalue weighted by Gasteiger charge is 2.37. The Kier molecular flexibility index (Phi) is 2.82. The average Bonchev–Trinajstić information content (AvgIpc) is 3.04. The van der Waals surface area contributed by atoms with Gasteiger partial charge in [-0.15, -0.1) is 0 Å². The number of rotatable bonds is 1. The van der Waals surface area contributed by atoms with Crippen LogP contribution in [0.25, 0.3) is 17.0 Å². The molecule has 1 saturated heterocycles. The van der Waals surface area contributed by atoms with Crippen LogP contribution in [0.1, 0.15) is 5.56 Å². The summed E-state index contributed by atoms with van der Waals surface area (Å²) in [6.07, 6.45) is 9.72. The van der Waals surface area contributed by atoms with Crippen molar-refractivity contribution in [1.29, 1.82) is 0 Å². The average molecular weight is 342 g/mol. The number of carbonyl (C=O) groups excluding carboxylic acids is 1. The van der Waals surface area contributed by atoms with Gasteiger partial charge in [0, 0.05) is 27.4 Å². The van der Waals surface area contributed by atoms with Crippen LogP contribution in [0.3, 0.4) is 0 Å². The van der Waals surface area contributed by atoms with Crippen LogP contribution in [-0.4, -0.2) is 20.9 Å². The second-order valence-corrected chi connectivity index (χ2v) is 6.26. The molecule has 1 aliphatic heterocycles. The van der Waals surface area contributed by atoms with Crippen LogP contribution >= 0.6 is 15.9 Å². The monoisotopic (exact) mass is 341 g/mol. The third-order valence-corrected chi connectivity index (χ3v) is 4.70. The van der Waals surface area contributed by atoms with E-state index in [0.29, 0.717) is 0 Å². The number of benzene rings is 1. The summed E-state index contributed by atoms with van der Waals surface area (Å²) in [6.45, 7) is 0. The standard InChI is InChI=1S/C16H12BrN3O/c17-12-2-1-3-13-15(12)11(16(21)19-13)6-9-4-5-10-8-18-20-14(10)7-9/h1-8,12,15H,(H,18,20)(H,19,21)/b11-6-. The van der Waals surface area contributed by atoms with E-state index in [1.54, 1.807) is 6.20 Å². The van der Waals surface area contributed by atoms with Gasteiger partial charge >= 0.3 is 0 Å². The molecule has 104 valence electrons. The van der Waals surface area contributed by atoms with Gasteiger partial charge in [-0.3, -0.25) is 9.89 Å². The first-order valence-electron chi connectivity index (χ1n) is 6.71. The first-order valence-corrected chi connectivity index (χ1v) is 7.62. The molecule has 21 heavy (non-hydrogen) atoms. The lowest BCUT2D eigenvalue weighted by molar-refractivity contribution is -0.115. The van der Waals surface area contributed by atoms with Crippen LogP contribution in [0, 0.1) is 5.92 Å². The number of allylic oxidation sites excluding steroid dienone is 4. The molecule has 2 atom stereocenters. The van der Waals surface area contributed by atoms with E-state index in [1.165, 1.54) is 0 Å². The van der Waals surface area contributed by atoms with E-state index in [1.807, 2.05) is 36.4 Å². The Bertz CT molecular complexity index is 831. The van der Waals surface area contributed by atoms with Crippen LogP contribution in [0.15, 0.2) is 53.9 Å². The molecule has 2 aromatic rings. The molecule has 0 spiro atoms. The third-order valence-electron chi connectivity index (χ3n) is 3.87. The zero-order valence-electron chi connectivity index (χ0n) is 11.0. The van der Waals surface area contributed by atoms with E-state index >= 15 is 0 Å². The predicted molar refractivity (Wildman–Crippen MR) is 85.6 cm³/mol. The normalized spacial score (nSPS) is 26.0. The Morgan fingerprint density at radius 1 is 1.33 bits per heavy atom. The minimum atomic E-state index is -0.0240. The maximum absolute atomic E-state index is 12.2. The summed E-state index contributed by atoms with van der Waals surface area (Å²) in [7, 11) is 0. The molecule has 0 bridgehead atoms. The van der Waals surface area contributed by atoms with Crippen molar-refractivity contribution in [2.45, 2.75) is 4.83 Å². The number of H-pyrrole nitrogens is 1. The minimum Gasteiger partial charge on any atom is -0.325 e. The van der Waals surface area contributed by atoms with Gasteiger partial charge in [0.15, 0.2) is 0 Å². The molecule has 1 amide bonds. The highest BCUT2D eigenvalue weighted by molar-refractivity contribution is 9.09. The van der Waals surface area contributed by atoms with Gasteiger partial charge in [-0.1, -0.05) is 40.2 Å². The first-order chi connectivity index (χ1) is 10.2. The second-order valence-electron chi connectivity index (χ2n) is 5.20. The number of hydrogen-bond acceptors (Lipinski definition) is 2. The number of fused-ring (bicyclic) bond motifs is 2. The number of aromatic nitrogens is 2. The summed E-state index contributed by atoms with van der Waals surface area (Å²) in [5.74, 6) is 0.0315. The lowest BCUT2D eigenvalue weighted by Crippen LogP contribution is -2.17. The maximum Gasteiger partial charge on any atom is 0.252 e. The van der Waals surface area contributed by atoms with Crippen molar-refractivity contribution in [2.24, 2.45) is 5.92 Å². The van der Waals surface area contributed by atoms with Gasteiger partial charge in [0.1, 0.15) is 0 Å². The van der Waals surface area contributed by atoms with Gasteiger partial charge in [-0.2, -0.15) is 5.10 Å². The van der Waals surface area contributed by atoms with E-state index in [0.717, 1.165) is 27.7 Å². The summed E-state index contributed by atoms with van der Waals surface area (Å²) in [6, 6.07) is 6.01. The van der Waals surface area contributed by atoms with Crippen molar-refractivity contribution in [3.63, 3.8) is 0 Å². The van der Waals surface area contributed by atoms with E-state index in [2.05, 4.69) is 37.5 Å². The largest absolute Gasteiger partial charge is 0.325 e. The lowest BCUT2D eigenvalue weighted by Gasteiger charge is -2.18. The van der Waals surface area contributed by atoms with Crippen LogP contribution in [0.4, 0.5) is 0 Å². The zero-order valence-corrected chi connectivity index (χ0v) is 12.6. The van der Waals surface area contributed by atoms with Gasteiger partial charge in [-0.05, 0) is 23.8 Å². The smallest absolute Gasteiger partial charge is 0.252 e. The molecule has 2 aliphatic rings. The molecule has 2 unspecified atom stereocenters. The number of carbonyl (C=O) groups is 1. The number of amides is 1. The summed E-state index contributed by atoms with van der Waals surface area (Å²) in [5.41, 5.74) is 3.70. The molecule has 2 N–H and O–H groups in total. The Morgan fingerprint density at radius 2 is 2.24 bits per heavy atom. The first kappa shape index (κ1) is 12.6. The summed E-state index contributed by atoms with van der Waals surface area (Å²) in [5, 5.41) is 11.0. The molecular weight excluding hydrogens is 330 g/mol. The SMILES string of the molecule is O=C1NC2=CC=CC(Br)C2/C1=C/c1ccc2cn[nH]c2c1. The minimum absolute atomic E-state index is 0.0240. The Morgan fingerprint density at radius 3 is 3.14 bits per heavy atom. The fourth-order valence-corrected chi connectivity index (χ4v) is 3.58. The Hall–Kier alpha value is -2.14. The topological polar surface area (TPSA) is 57.8 Å². The van der Waals surface area contributed by atoms with Crippen molar-refractivity contribution in [3.05, 3.63) is 59.5 Å². The summed E-state index contributed by atoms with van der Waals surface area (Å²) >= 11 is 3.63. The predicted octanol–water partition coefficient (Wildman–Crippen LogP) is 2.91. The fourth-order valence-electron chi connectivity index (χ4n) is 2.83. The molecular formula is C16H12BrN3O. The van der Waals surface area contributed by atoms with Gasteiger partial charge in [0.25, 0.3) is 5.91 Å². The van der Waals surface area contributed by atoms with Gasteiger partial charge < -0.3 is 5.32 Å². The highest BCUT2D eigenvalue weighted by atomic mass is 79.9. The maximum atomic E-state index is 12.2. The molecule has 2 heterocycles. The molecule has 4 nitrogen and oxygen atoms in total. The zero-order chi connectivity index (χ0) is 14.4. The summed E-state index contributed by atoms with van der Waals surface area (Å²) in [4.78, 5) is 12.4. The number of aromatic amines is 1. The molecule has 1 aliphatic carbocycles. The Balaban J connectivity index is 1.78. The van der Waals surface area contributed by atoms with E-state index in [9.17, 15) is 4.79 Å². The molecule has 1 fully saturated rings. The third kappa shape index (κ3) is 2.05. The van der Waals surface area contributed by atoms with Gasteiger partial charge in [-0.25, -0.2) is 0 Å². The molecule has 4 rings (SSSR count). The van der Waals surface area contributed by atoms with E-state index in [4.69, 9.17) is 0 Å². The number of nitrogens with one attached hydrogen (secondary N) is 2. The van der Waals surface area contributed by atoms with E-state index < -0.39 is 0 Å². The van der Waals surface area contributed by atoms with Crippen molar-refractivity contribution in [2.75, 3.05) is 0 Å².